The van der Waals surface area contributed by atoms with E-state index in [4.69, 9.17) is 4.74 Å². The smallest absolute Gasteiger partial charge is 0.302 e. The molecule has 0 atom stereocenters. The van der Waals surface area contributed by atoms with Crippen molar-refractivity contribution >= 4 is 5.97 Å². The van der Waals surface area contributed by atoms with Gasteiger partial charge in [-0.3, -0.25) is 4.79 Å². The van der Waals surface area contributed by atoms with Crippen LogP contribution in [0.2, 0.25) is 0 Å². The quantitative estimate of drug-likeness (QED) is 0.765. The summed E-state index contributed by atoms with van der Waals surface area (Å²) < 4.78 is 4.95. The first-order valence-electron chi connectivity index (χ1n) is 6.03. The zero-order chi connectivity index (χ0) is 12.8. The lowest BCUT2D eigenvalue weighted by molar-refractivity contribution is -0.140. The van der Waals surface area contributed by atoms with Crippen molar-refractivity contribution in [3.05, 3.63) is 60.2 Å². The zero-order valence-electron chi connectivity index (χ0n) is 10.4. The van der Waals surface area contributed by atoms with Gasteiger partial charge in [-0.1, -0.05) is 54.6 Å². The molecule has 2 aromatic rings. The summed E-state index contributed by atoms with van der Waals surface area (Å²) in [6, 6.07) is 18.6. The maximum absolute atomic E-state index is 10.7. The number of hydrogen-bond donors (Lipinski definition) is 0. The summed E-state index contributed by atoms with van der Waals surface area (Å²) in [6.07, 6.45) is 0.750. The Labute approximate surface area is 107 Å². The number of carbonyl (C=O) groups excluding carboxylic acids is 1. The first-order chi connectivity index (χ1) is 8.75. The lowest BCUT2D eigenvalue weighted by atomic mass is 10.0. The fourth-order valence-electron chi connectivity index (χ4n) is 1.85. The van der Waals surface area contributed by atoms with E-state index >= 15 is 0 Å². The molecule has 92 valence electrons. The van der Waals surface area contributed by atoms with Gasteiger partial charge in [0.15, 0.2) is 0 Å². The van der Waals surface area contributed by atoms with Crippen molar-refractivity contribution in [2.75, 3.05) is 6.61 Å². The normalized spacial score (nSPS) is 10.1. The fraction of sp³-hybridized carbons (Fsp3) is 0.188. The predicted molar refractivity (Wildman–Crippen MR) is 72.2 cm³/mol. The van der Waals surface area contributed by atoms with Crippen molar-refractivity contribution in [1.82, 2.24) is 0 Å². The highest BCUT2D eigenvalue weighted by atomic mass is 16.5. The van der Waals surface area contributed by atoms with E-state index < -0.39 is 0 Å². The topological polar surface area (TPSA) is 26.3 Å². The number of carbonyl (C=O) groups is 1. The van der Waals surface area contributed by atoms with Crippen molar-refractivity contribution < 1.29 is 9.53 Å². The molecule has 0 aliphatic heterocycles. The fourth-order valence-corrected chi connectivity index (χ4v) is 1.85. The highest BCUT2D eigenvalue weighted by molar-refractivity contribution is 5.66. The van der Waals surface area contributed by atoms with E-state index in [0.717, 1.165) is 6.42 Å². The summed E-state index contributed by atoms with van der Waals surface area (Å²) in [7, 11) is 0. The summed E-state index contributed by atoms with van der Waals surface area (Å²) in [5.41, 5.74) is 3.57. The van der Waals surface area contributed by atoms with Crippen LogP contribution in [0.3, 0.4) is 0 Å². The predicted octanol–water partition coefficient (Wildman–Crippen LogP) is 3.46. The Morgan fingerprint density at radius 1 is 1.00 bits per heavy atom. The monoisotopic (exact) mass is 240 g/mol. The molecule has 0 aliphatic carbocycles. The molecule has 0 saturated carbocycles. The maximum atomic E-state index is 10.7. The largest absolute Gasteiger partial charge is 0.466 e. The molecule has 2 rings (SSSR count). The van der Waals surface area contributed by atoms with Gasteiger partial charge in [0.2, 0.25) is 0 Å². The van der Waals surface area contributed by atoms with Gasteiger partial charge in [0.1, 0.15) is 0 Å². The second-order valence-electron chi connectivity index (χ2n) is 4.16. The number of esters is 1. The van der Waals surface area contributed by atoms with Crippen LogP contribution in [0.25, 0.3) is 11.1 Å². The second-order valence-corrected chi connectivity index (χ2v) is 4.16. The van der Waals surface area contributed by atoms with Crippen molar-refractivity contribution in [3.8, 4) is 11.1 Å². The van der Waals surface area contributed by atoms with E-state index in [1.165, 1.54) is 23.6 Å². The van der Waals surface area contributed by atoms with Gasteiger partial charge in [-0.2, -0.15) is 0 Å². The van der Waals surface area contributed by atoms with Crippen LogP contribution in [0.1, 0.15) is 12.5 Å². The van der Waals surface area contributed by atoms with Gasteiger partial charge in [0.25, 0.3) is 0 Å². The number of ether oxygens (including phenoxy) is 1. The molecule has 0 heterocycles. The average Bonchev–Trinajstić information content (AvgIpc) is 2.40. The van der Waals surface area contributed by atoms with Crippen LogP contribution in [0.5, 0.6) is 0 Å². The molecule has 0 aromatic heterocycles. The van der Waals surface area contributed by atoms with Gasteiger partial charge in [0.05, 0.1) is 6.61 Å². The summed E-state index contributed by atoms with van der Waals surface area (Å²) in [5, 5.41) is 0. The first-order valence-corrected chi connectivity index (χ1v) is 6.03. The van der Waals surface area contributed by atoms with Crippen LogP contribution in [-0.2, 0) is 16.0 Å². The molecule has 0 bridgehead atoms. The molecule has 0 unspecified atom stereocenters. The third kappa shape index (κ3) is 3.45. The van der Waals surface area contributed by atoms with Crippen LogP contribution in [0.4, 0.5) is 0 Å². The minimum atomic E-state index is -0.228. The minimum absolute atomic E-state index is 0.228. The second kappa shape index (κ2) is 6.01. The van der Waals surface area contributed by atoms with Crippen molar-refractivity contribution in [2.45, 2.75) is 13.3 Å². The SMILES string of the molecule is CC(=O)OCCc1cccc(-c2ccccc2)c1. The van der Waals surface area contributed by atoms with Crippen LogP contribution in [0.15, 0.2) is 54.6 Å². The highest BCUT2D eigenvalue weighted by Crippen LogP contribution is 2.20. The van der Waals surface area contributed by atoms with E-state index in [1.807, 2.05) is 24.3 Å². The Hall–Kier alpha value is -2.09. The molecule has 0 fully saturated rings. The summed E-state index contributed by atoms with van der Waals surface area (Å²) in [6.45, 7) is 1.87. The molecule has 0 amide bonds. The molecule has 0 spiro atoms. The molecule has 0 radical (unpaired) electrons. The van der Waals surface area contributed by atoms with E-state index in [2.05, 4.69) is 30.3 Å². The van der Waals surface area contributed by atoms with Crippen LogP contribution in [-0.4, -0.2) is 12.6 Å². The Morgan fingerprint density at radius 2 is 1.72 bits per heavy atom. The van der Waals surface area contributed by atoms with Gasteiger partial charge in [-0.15, -0.1) is 0 Å². The molecule has 0 aliphatic rings. The third-order valence-corrected chi connectivity index (χ3v) is 2.73. The lowest BCUT2D eigenvalue weighted by Crippen LogP contribution is -2.03. The molecular formula is C16H16O2. The third-order valence-electron chi connectivity index (χ3n) is 2.73. The van der Waals surface area contributed by atoms with E-state index in [9.17, 15) is 4.79 Å². The van der Waals surface area contributed by atoms with Gasteiger partial charge in [0, 0.05) is 13.3 Å². The van der Waals surface area contributed by atoms with Gasteiger partial charge < -0.3 is 4.74 Å². The van der Waals surface area contributed by atoms with Crippen molar-refractivity contribution in [1.29, 1.82) is 0 Å². The summed E-state index contributed by atoms with van der Waals surface area (Å²) in [4.78, 5) is 10.7. The van der Waals surface area contributed by atoms with Crippen LogP contribution >= 0.6 is 0 Å². The maximum Gasteiger partial charge on any atom is 0.302 e. The van der Waals surface area contributed by atoms with E-state index in [0.29, 0.717) is 6.61 Å². The van der Waals surface area contributed by atoms with Gasteiger partial charge in [-0.05, 0) is 16.7 Å². The Kier molecular flexibility index (Phi) is 4.13. The molecule has 2 heteroatoms. The van der Waals surface area contributed by atoms with Gasteiger partial charge >= 0.3 is 5.97 Å². The Balaban J connectivity index is 2.08. The zero-order valence-corrected chi connectivity index (χ0v) is 10.4. The number of rotatable bonds is 4. The Bertz CT molecular complexity index is 518. The molecular weight excluding hydrogens is 224 g/mol. The standard InChI is InChI=1S/C16H16O2/c1-13(17)18-11-10-14-6-5-9-16(12-14)15-7-3-2-4-8-15/h2-9,12H,10-11H2,1H3. The summed E-state index contributed by atoms with van der Waals surface area (Å²) >= 11 is 0. The molecule has 0 saturated heterocycles. The Morgan fingerprint density at radius 3 is 2.44 bits per heavy atom. The highest BCUT2D eigenvalue weighted by Gasteiger charge is 2.00. The first kappa shape index (κ1) is 12.4. The summed E-state index contributed by atoms with van der Waals surface area (Å²) in [5.74, 6) is -0.228. The number of benzene rings is 2. The van der Waals surface area contributed by atoms with Crippen molar-refractivity contribution in [2.24, 2.45) is 0 Å². The van der Waals surface area contributed by atoms with Crippen molar-refractivity contribution in [3.63, 3.8) is 0 Å². The molecule has 2 aromatic carbocycles. The minimum Gasteiger partial charge on any atom is -0.466 e. The number of hydrogen-bond acceptors (Lipinski definition) is 2. The van der Waals surface area contributed by atoms with Crippen LogP contribution < -0.4 is 0 Å². The van der Waals surface area contributed by atoms with E-state index in [-0.39, 0.29) is 5.97 Å². The average molecular weight is 240 g/mol. The molecule has 2 nitrogen and oxygen atoms in total. The lowest BCUT2D eigenvalue weighted by Gasteiger charge is -2.06. The molecule has 0 N–H and O–H groups in total. The van der Waals surface area contributed by atoms with Gasteiger partial charge in [-0.25, -0.2) is 0 Å². The van der Waals surface area contributed by atoms with Crippen LogP contribution in [0, 0.1) is 0 Å². The molecule has 18 heavy (non-hydrogen) atoms. The van der Waals surface area contributed by atoms with E-state index in [1.54, 1.807) is 0 Å².